The minimum Gasteiger partial charge on any atom is -0.493 e. The number of hydrazone groups is 1. The fraction of sp³-hybridized carbons (Fsp3) is 0.0714. The number of benzene rings is 4. The number of rotatable bonds is 7. The van der Waals surface area contributed by atoms with E-state index in [1.165, 1.54) is 0 Å². The molecular weight excluding hydrogens is 428 g/mol. The molecule has 0 bridgehead atoms. The molecule has 0 aliphatic rings. The van der Waals surface area contributed by atoms with Crippen LogP contribution in [0, 0.1) is 0 Å². The van der Waals surface area contributed by atoms with Crippen LogP contribution in [0.25, 0.3) is 21.7 Å². The maximum Gasteiger partial charge on any atom is 0.307 e. The van der Waals surface area contributed by atoms with Crippen molar-refractivity contribution in [3.63, 3.8) is 0 Å². The van der Waals surface area contributed by atoms with Gasteiger partial charge in [0.1, 0.15) is 12.2 Å². The third kappa shape index (κ3) is 4.47. The van der Waals surface area contributed by atoms with Crippen LogP contribution in [0.3, 0.4) is 0 Å². The van der Waals surface area contributed by atoms with Crippen LogP contribution in [0.5, 0.6) is 11.5 Å². The summed E-state index contributed by atoms with van der Waals surface area (Å²) in [5, 5.41) is 7.08. The summed E-state index contributed by atoms with van der Waals surface area (Å²) in [6, 6.07) is 28.9. The fourth-order valence-electron chi connectivity index (χ4n) is 3.74. The van der Waals surface area contributed by atoms with Gasteiger partial charge in [0.25, 0.3) is 0 Å². The van der Waals surface area contributed by atoms with E-state index < -0.39 is 5.91 Å². The molecule has 5 rings (SSSR count). The summed E-state index contributed by atoms with van der Waals surface area (Å²) in [4.78, 5) is 12.6. The van der Waals surface area contributed by atoms with E-state index >= 15 is 0 Å². The number of hydrogen-bond donors (Lipinski definition) is 1. The predicted molar refractivity (Wildman–Crippen MR) is 133 cm³/mol. The molecule has 1 amide bonds. The molecule has 0 fully saturated rings. The van der Waals surface area contributed by atoms with Gasteiger partial charge in [-0.2, -0.15) is 5.10 Å². The number of hydrogen-bond acceptors (Lipinski definition) is 5. The average molecular weight is 450 g/mol. The minimum absolute atomic E-state index is 0.200. The van der Waals surface area contributed by atoms with Gasteiger partial charge in [-0.15, -0.1) is 0 Å². The molecule has 1 heterocycles. The van der Waals surface area contributed by atoms with E-state index in [-0.39, 0.29) is 5.76 Å². The highest BCUT2D eigenvalue weighted by atomic mass is 16.5. The van der Waals surface area contributed by atoms with E-state index in [9.17, 15) is 4.79 Å². The molecular formula is C28H22N2O4. The van der Waals surface area contributed by atoms with Crippen LogP contribution in [-0.2, 0) is 6.61 Å². The first-order chi connectivity index (χ1) is 16.7. The summed E-state index contributed by atoms with van der Waals surface area (Å²) < 4.78 is 17.1. The van der Waals surface area contributed by atoms with Gasteiger partial charge in [0, 0.05) is 5.39 Å². The third-order valence-corrected chi connectivity index (χ3v) is 5.45. The van der Waals surface area contributed by atoms with Gasteiger partial charge >= 0.3 is 5.91 Å². The summed E-state index contributed by atoms with van der Waals surface area (Å²) in [5.41, 5.74) is 4.99. The Labute approximate surface area is 196 Å². The van der Waals surface area contributed by atoms with E-state index in [1.807, 2.05) is 78.9 Å². The first kappa shape index (κ1) is 21.3. The number of nitrogens with one attached hydrogen (secondary N) is 1. The smallest absolute Gasteiger partial charge is 0.307 e. The zero-order chi connectivity index (χ0) is 23.3. The maximum absolute atomic E-state index is 12.6. The highest BCUT2D eigenvalue weighted by molar-refractivity contribution is 6.08. The van der Waals surface area contributed by atoms with Gasteiger partial charge in [-0.05, 0) is 52.2 Å². The lowest BCUT2D eigenvalue weighted by Crippen LogP contribution is -2.16. The standard InChI is InChI=1S/C28H22N2O4/c1-32-26-15-20(11-13-25(26)33-18-19-7-3-2-4-8-19)17-29-30-28(31)27-16-23-22-10-6-5-9-21(22)12-14-24(23)34-27/h2-17H,18H2,1H3,(H,30,31). The molecule has 0 saturated carbocycles. The predicted octanol–water partition coefficient (Wildman–Crippen LogP) is 5.94. The Bertz CT molecular complexity index is 1490. The van der Waals surface area contributed by atoms with E-state index in [1.54, 1.807) is 25.5 Å². The van der Waals surface area contributed by atoms with Crippen LogP contribution in [0.4, 0.5) is 0 Å². The third-order valence-electron chi connectivity index (χ3n) is 5.45. The number of nitrogens with zero attached hydrogens (tertiary/aromatic N) is 1. The summed E-state index contributed by atoms with van der Waals surface area (Å²) in [6.07, 6.45) is 1.54. The lowest BCUT2D eigenvalue weighted by atomic mass is 10.1. The van der Waals surface area contributed by atoms with Gasteiger partial charge in [-0.1, -0.05) is 60.7 Å². The number of methoxy groups -OCH3 is 1. The van der Waals surface area contributed by atoms with Crippen molar-refractivity contribution in [2.75, 3.05) is 7.11 Å². The highest BCUT2D eigenvalue weighted by Crippen LogP contribution is 2.29. The van der Waals surface area contributed by atoms with Crippen LogP contribution in [0.15, 0.2) is 101 Å². The van der Waals surface area contributed by atoms with Gasteiger partial charge in [-0.25, -0.2) is 5.43 Å². The Balaban J connectivity index is 1.27. The molecule has 0 unspecified atom stereocenters. The van der Waals surface area contributed by atoms with Crippen molar-refractivity contribution < 1.29 is 18.7 Å². The second kappa shape index (κ2) is 9.50. The lowest BCUT2D eigenvalue weighted by molar-refractivity contribution is 0.0929. The number of furan rings is 1. The van der Waals surface area contributed by atoms with Crippen molar-refractivity contribution in [3.05, 3.63) is 108 Å². The summed E-state index contributed by atoms with van der Waals surface area (Å²) in [7, 11) is 1.58. The van der Waals surface area contributed by atoms with Crippen molar-refractivity contribution in [1.82, 2.24) is 5.43 Å². The van der Waals surface area contributed by atoms with Crippen LogP contribution >= 0.6 is 0 Å². The van der Waals surface area contributed by atoms with E-state index in [0.717, 1.165) is 27.3 Å². The Morgan fingerprint density at radius 1 is 0.912 bits per heavy atom. The summed E-state index contributed by atoms with van der Waals surface area (Å²) >= 11 is 0. The largest absolute Gasteiger partial charge is 0.493 e. The summed E-state index contributed by atoms with van der Waals surface area (Å²) in [6.45, 7) is 0.438. The number of fused-ring (bicyclic) bond motifs is 3. The number of amides is 1. The molecule has 0 radical (unpaired) electrons. The number of carbonyl (C=O) groups is 1. The van der Waals surface area contributed by atoms with Crippen LogP contribution in [-0.4, -0.2) is 19.2 Å². The van der Waals surface area contributed by atoms with E-state index in [4.69, 9.17) is 13.9 Å². The minimum atomic E-state index is -0.425. The topological polar surface area (TPSA) is 73.1 Å². The Kier molecular flexibility index (Phi) is 5.95. The van der Waals surface area contributed by atoms with Crippen molar-refractivity contribution >= 4 is 33.9 Å². The van der Waals surface area contributed by atoms with Crippen molar-refractivity contribution in [3.8, 4) is 11.5 Å². The van der Waals surface area contributed by atoms with Gasteiger partial charge in [0.2, 0.25) is 0 Å². The van der Waals surface area contributed by atoms with Crippen molar-refractivity contribution in [2.24, 2.45) is 5.10 Å². The molecule has 4 aromatic carbocycles. The Morgan fingerprint density at radius 3 is 2.59 bits per heavy atom. The van der Waals surface area contributed by atoms with Crippen LogP contribution < -0.4 is 14.9 Å². The molecule has 6 nitrogen and oxygen atoms in total. The molecule has 1 aromatic heterocycles. The van der Waals surface area contributed by atoms with Gasteiger partial charge in [-0.3, -0.25) is 4.79 Å². The van der Waals surface area contributed by atoms with E-state index in [2.05, 4.69) is 10.5 Å². The normalized spacial score (nSPS) is 11.2. The lowest BCUT2D eigenvalue weighted by Gasteiger charge is -2.11. The first-order valence-corrected chi connectivity index (χ1v) is 10.8. The second-order valence-electron chi connectivity index (χ2n) is 7.69. The fourth-order valence-corrected chi connectivity index (χ4v) is 3.74. The maximum atomic E-state index is 12.6. The molecule has 0 spiro atoms. The SMILES string of the molecule is COc1cc(C=NNC(=O)c2cc3c(ccc4ccccc43)o2)ccc1OCc1ccccc1. The van der Waals surface area contributed by atoms with Gasteiger partial charge < -0.3 is 13.9 Å². The molecule has 6 heteroatoms. The Hall–Kier alpha value is -4.58. The molecule has 168 valence electrons. The van der Waals surface area contributed by atoms with Crippen molar-refractivity contribution in [1.29, 1.82) is 0 Å². The molecule has 5 aromatic rings. The van der Waals surface area contributed by atoms with Gasteiger partial charge in [0.05, 0.1) is 13.3 Å². The van der Waals surface area contributed by atoms with Gasteiger partial charge in [0.15, 0.2) is 17.3 Å². The number of carbonyl (C=O) groups excluding carboxylic acids is 1. The average Bonchev–Trinajstić information content (AvgIpc) is 3.33. The molecule has 0 aliphatic carbocycles. The van der Waals surface area contributed by atoms with Crippen LogP contribution in [0.1, 0.15) is 21.7 Å². The molecule has 0 atom stereocenters. The first-order valence-electron chi connectivity index (χ1n) is 10.8. The van der Waals surface area contributed by atoms with Crippen LogP contribution in [0.2, 0.25) is 0 Å². The van der Waals surface area contributed by atoms with Crippen molar-refractivity contribution in [2.45, 2.75) is 6.61 Å². The monoisotopic (exact) mass is 450 g/mol. The second-order valence-corrected chi connectivity index (χ2v) is 7.69. The Morgan fingerprint density at radius 2 is 1.74 bits per heavy atom. The molecule has 0 saturated heterocycles. The molecule has 34 heavy (non-hydrogen) atoms. The summed E-state index contributed by atoms with van der Waals surface area (Å²) in [5.74, 6) is 0.981. The zero-order valence-electron chi connectivity index (χ0n) is 18.5. The quantitative estimate of drug-likeness (QED) is 0.246. The number of ether oxygens (including phenoxy) is 2. The van der Waals surface area contributed by atoms with E-state index in [0.29, 0.717) is 23.7 Å². The molecule has 1 N–H and O–H groups in total. The highest BCUT2D eigenvalue weighted by Gasteiger charge is 2.13. The zero-order valence-corrected chi connectivity index (χ0v) is 18.5. The molecule has 0 aliphatic heterocycles.